The maximum Gasteiger partial charge on any atom is 0.233 e. The van der Waals surface area contributed by atoms with E-state index < -0.39 is 0 Å². The second-order valence-corrected chi connectivity index (χ2v) is 7.62. The Morgan fingerprint density at radius 1 is 1.17 bits per heavy atom. The average molecular weight is 329 g/mol. The standard InChI is InChI=1S/C20H27NO3/c1-23-17-7-14-24-19(15-17)10-12-21(13-11-19)18(22)20(8-9-20)16-5-3-2-4-6-16/h2-6,17H,7-15H2,1H3. The quantitative estimate of drug-likeness (QED) is 0.856. The van der Waals surface area contributed by atoms with Gasteiger partial charge < -0.3 is 14.4 Å². The molecule has 1 aromatic rings. The smallest absolute Gasteiger partial charge is 0.233 e. The van der Waals surface area contributed by atoms with Gasteiger partial charge in [0.05, 0.1) is 17.1 Å². The molecule has 4 rings (SSSR count). The number of nitrogens with zero attached hydrogens (tertiary/aromatic N) is 1. The van der Waals surface area contributed by atoms with Crippen LogP contribution in [0.15, 0.2) is 30.3 Å². The van der Waals surface area contributed by atoms with E-state index in [4.69, 9.17) is 9.47 Å². The van der Waals surface area contributed by atoms with Gasteiger partial charge in [-0.15, -0.1) is 0 Å². The first-order chi connectivity index (χ1) is 11.7. The van der Waals surface area contributed by atoms with Crippen LogP contribution in [0.3, 0.4) is 0 Å². The third-order valence-corrected chi connectivity index (χ3v) is 6.23. The Morgan fingerprint density at radius 3 is 2.50 bits per heavy atom. The molecule has 1 spiro atoms. The molecule has 3 fully saturated rings. The number of amides is 1. The van der Waals surface area contributed by atoms with E-state index in [2.05, 4.69) is 17.0 Å². The van der Waals surface area contributed by atoms with Gasteiger partial charge >= 0.3 is 0 Å². The summed E-state index contributed by atoms with van der Waals surface area (Å²) in [4.78, 5) is 15.2. The Bertz CT molecular complexity index is 588. The van der Waals surface area contributed by atoms with Crippen molar-refractivity contribution in [1.82, 2.24) is 4.90 Å². The number of carbonyl (C=O) groups is 1. The number of ether oxygens (including phenoxy) is 2. The summed E-state index contributed by atoms with van der Waals surface area (Å²) in [5.41, 5.74) is 0.872. The van der Waals surface area contributed by atoms with Crippen molar-refractivity contribution in [3.05, 3.63) is 35.9 Å². The van der Waals surface area contributed by atoms with E-state index in [-0.39, 0.29) is 11.0 Å². The molecule has 4 nitrogen and oxygen atoms in total. The van der Waals surface area contributed by atoms with Gasteiger partial charge in [0.1, 0.15) is 0 Å². The third kappa shape index (κ3) is 2.76. The molecular formula is C20H27NO3. The maximum absolute atomic E-state index is 13.1. The van der Waals surface area contributed by atoms with Crippen molar-refractivity contribution in [2.24, 2.45) is 0 Å². The van der Waals surface area contributed by atoms with Crippen molar-refractivity contribution in [1.29, 1.82) is 0 Å². The zero-order valence-corrected chi connectivity index (χ0v) is 14.5. The number of piperidine rings is 1. The first-order valence-corrected chi connectivity index (χ1v) is 9.19. The average Bonchev–Trinajstić information content (AvgIpc) is 3.45. The Balaban J connectivity index is 1.42. The van der Waals surface area contributed by atoms with E-state index in [1.165, 1.54) is 5.56 Å². The van der Waals surface area contributed by atoms with Crippen LogP contribution >= 0.6 is 0 Å². The summed E-state index contributed by atoms with van der Waals surface area (Å²) in [6.45, 7) is 2.40. The highest BCUT2D eigenvalue weighted by molar-refractivity contribution is 5.91. The Hall–Kier alpha value is -1.39. The molecule has 24 heavy (non-hydrogen) atoms. The Kier molecular flexibility index (Phi) is 4.13. The molecule has 130 valence electrons. The fraction of sp³-hybridized carbons (Fsp3) is 0.650. The summed E-state index contributed by atoms with van der Waals surface area (Å²) in [7, 11) is 1.79. The highest BCUT2D eigenvalue weighted by Crippen LogP contribution is 2.50. The molecule has 0 aromatic heterocycles. The van der Waals surface area contributed by atoms with Gasteiger partial charge in [-0.3, -0.25) is 4.79 Å². The van der Waals surface area contributed by atoms with Crippen molar-refractivity contribution < 1.29 is 14.3 Å². The van der Waals surface area contributed by atoms with Gasteiger partial charge in [0.25, 0.3) is 0 Å². The molecule has 3 aliphatic rings. The Labute approximate surface area is 144 Å². The zero-order chi connectivity index (χ0) is 16.6. The van der Waals surface area contributed by atoms with Gasteiger partial charge in [-0.25, -0.2) is 0 Å². The van der Waals surface area contributed by atoms with E-state index in [1.54, 1.807) is 7.11 Å². The van der Waals surface area contributed by atoms with Crippen LogP contribution in [0.5, 0.6) is 0 Å². The van der Waals surface area contributed by atoms with Gasteiger partial charge in [0, 0.05) is 33.2 Å². The van der Waals surface area contributed by atoms with E-state index in [0.29, 0.717) is 12.0 Å². The molecule has 2 saturated heterocycles. The van der Waals surface area contributed by atoms with Crippen LogP contribution in [-0.2, 0) is 19.7 Å². The summed E-state index contributed by atoms with van der Waals surface area (Å²) < 4.78 is 11.7. The molecular weight excluding hydrogens is 302 g/mol. The predicted molar refractivity (Wildman–Crippen MR) is 91.9 cm³/mol. The zero-order valence-electron chi connectivity index (χ0n) is 14.5. The largest absolute Gasteiger partial charge is 0.381 e. The maximum atomic E-state index is 13.1. The molecule has 1 atom stereocenters. The summed E-state index contributed by atoms with van der Waals surface area (Å²) in [6.07, 6.45) is 6.10. The lowest BCUT2D eigenvalue weighted by molar-refractivity contribution is -0.158. The van der Waals surface area contributed by atoms with Gasteiger partial charge in [-0.2, -0.15) is 0 Å². The van der Waals surface area contributed by atoms with Crippen LogP contribution in [0.4, 0.5) is 0 Å². The fourth-order valence-electron chi connectivity index (χ4n) is 4.46. The van der Waals surface area contributed by atoms with Crippen LogP contribution < -0.4 is 0 Å². The number of benzene rings is 1. The minimum atomic E-state index is -0.242. The first-order valence-electron chi connectivity index (χ1n) is 9.19. The number of hydrogen-bond donors (Lipinski definition) is 0. The number of likely N-dealkylation sites (tertiary alicyclic amines) is 1. The van der Waals surface area contributed by atoms with Crippen molar-refractivity contribution in [2.75, 3.05) is 26.8 Å². The topological polar surface area (TPSA) is 38.8 Å². The molecule has 1 unspecified atom stereocenters. The van der Waals surface area contributed by atoms with Crippen molar-refractivity contribution in [3.8, 4) is 0 Å². The normalized spacial score (nSPS) is 27.9. The van der Waals surface area contributed by atoms with Crippen LogP contribution in [0.2, 0.25) is 0 Å². The number of methoxy groups -OCH3 is 1. The minimum Gasteiger partial charge on any atom is -0.381 e. The van der Waals surface area contributed by atoms with Crippen molar-refractivity contribution >= 4 is 5.91 Å². The second-order valence-electron chi connectivity index (χ2n) is 7.62. The summed E-state index contributed by atoms with van der Waals surface area (Å²) in [5, 5.41) is 0. The van der Waals surface area contributed by atoms with Gasteiger partial charge in [0.2, 0.25) is 5.91 Å². The molecule has 2 heterocycles. The van der Waals surface area contributed by atoms with E-state index in [0.717, 1.165) is 58.2 Å². The highest BCUT2D eigenvalue weighted by atomic mass is 16.5. The summed E-state index contributed by atoms with van der Waals surface area (Å²) in [6, 6.07) is 10.3. The molecule has 0 bridgehead atoms. The van der Waals surface area contributed by atoms with E-state index in [1.807, 2.05) is 18.2 Å². The van der Waals surface area contributed by atoms with Crippen molar-refractivity contribution in [2.45, 2.75) is 55.6 Å². The SMILES string of the molecule is COC1CCOC2(CCN(C(=O)C3(c4ccccc4)CC3)CC2)C1. The molecule has 1 aromatic carbocycles. The molecule has 0 radical (unpaired) electrons. The molecule has 4 heteroatoms. The Morgan fingerprint density at radius 2 is 1.88 bits per heavy atom. The van der Waals surface area contributed by atoms with E-state index in [9.17, 15) is 4.79 Å². The fourth-order valence-corrected chi connectivity index (χ4v) is 4.46. The lowest BCUT2D eigenvalue weighted by atomic mass is 9.82. The number of carbonyl (C=O) groups excluding carboxylic acids is 1. The van der Waals surface area contributed by atoms with E-state index >= 15 is 0 Å². The minimum absolute atomic E-state index is 0.0703. The molecule has 0 N–H and O–H groups in total. The third-order valence-electron chi connectivity index (χ3n) is 6.23. The second kappa shape index (κ2) is 6.16. The van der Waals surface area contributed by atoms with Crippen LogP contribution in [-0.4, -0.2) is 49.3 Å². The van der Waals surface area contributed by atoms with Gasteiger partial charge in [0.15, 0.2) is 0 Å². The lowest BCUT2D eigenvalue weighted by Gasteiger charge is -2.46. The van der Waals surface area contributed by atoms with Crippen LogP contribution in [0.1, 0.15) is 44.1 Å². The number of hydrogen-bond acceptors (Lipinski definition) is 3. The molecule has 1 aliphatic carbocycles. The number of rotatable bonds is 3. The monoisotopic (exact) mass is 329 g/mol. The van der Waals surface area contributed by atoms with Gasteiger partial charge in [-0.1, -0.05) is 30.3 Å². The highest BCUT2D eigenvalue weighted by Gasteiger charge is 2.54. The van der Waals surface area contributed by atoms with Crippen LogP contribution in [0, 0.1) is 0 Å². The molecule has 2 aliphatic heterocycles. The van der Waals surface area contributed by atoms with Crippen molar-refractivity contribution in [3.63, 3.8) is 0 Å². The summed E-state index contributed by atoms with van der Waals surface area (Å²) in [5.74, 6) is 0.322. The summed E-state index contributed by atoms with van der Waals surface area (Å²) >= 11 is 0. The van der Waals surface area contributed by atoms with Gasteiger partial charge in [-0.05, 0) is 37.7 Å². The molecule has 1 amide bonds. The molecule has 1 saturated carbocycles. The first kappa shape index (κ1) is 16.1. The predicted octanol–water partition coefficient (Wildman–Crippen LogP) is 2.90. The lowest BCUT2D eigenvalue weighted by Crippen LogP contribution is -2.53. The van der Waals surface area contributed by atoms with Crippen LogP contribution in [0.25, 0.3) is 0 Å².